The van der Waals surface area contributed by atoms with Crippen molar-refractivity contribution in [3.63, 3.8) is 0 Å². The normalized spacial score (nSPS) is 10.5. The lowest BCUT2D eigenvalue weighted by Gasteiger charge is -2.10. The molecular formula is C17H14FNO4. The van der Waals surface area contributed by atoms with Crippen molar-refractivity contribution in [3.05, 3.63) is 65.5 Å². The predicted molar refractivity (Wildman–Crippen MR) is 82.6 cm³/mol. The third-order valence-corrected chi connectivity index (χ3v) is 2.91. The molecule has 0 aliphatic carbocycles. The van der Waals surface area contributed by atoms with Gasteiger partial charge in [0.1, 0.15) is 5.82 Å². The minimum Gasteiger partial charge on any atom is -0.493 e. The molecule has 0 radical (unpaired) electrons. The van der Waals surface area contributed by atoms with Gasteiger partial charge in [-0.15, -0.1) is 0 Å². The lowest BCUT2D eigenvalue weighted by molar-refractivity contribution is -0.113. The molecule has 0 aromatic heterocycles. The fourth-order valence-corrected chi connectivity index (χ4v) is 1.80. The average Bonchev–Trinajstić information content (AvgIpc) is 2.54. The molecule has 0 fully saturated rings. The Labute approximate surface area is 132 Å². The molecule has 0 bridgehead atoms. The largest absolute Gasteiger partial charge is 0.493 e. The molecule has 0 heterocycles. The predicted octanol–water partition coefficient (Wildman–Crippen LogP) is 2.55. The first-order valence-electron chi connectivity index (χ1n) is 6.63. The Morgan fingerprint density at radius 1 is 1.09 bits per heavy atom. The minimum absolute atomic E-state index is 0.207. The van der Waals surface area contributed by atoms with E-state index in [-0.39, 0.29) is 11.3 Å². The summed E-state index contributed by atoms with van der Waals surface area (Å²) in [6.07, 6.45) is 2.72. The fraction of sp³-hybridized carbons (Fsp3) is 0.0588. The maximum atomic E-state index is 12.9. The summed E-state index contributed by atoms with van der Waals surface area (Å²) in [7, 11) is 1.42. The van der Waals surface area contributed by atoms with Crippen molar-refractivity contribution < 1.29 is 23.5 Å². The second kappa shape index (κ2) is 7.22. The molecule has 2 rings (SSSR count). The summed E-state index contributed by atoms with van der Waals surface area (Å²) in [4.78, 5) is 22.7. The summed E-state index contributed by atoms with van der Waals surface area (Å²) in [6, 6.07) is 9.75. The van der Waals surface area contributed by atoms with Crippen molar-refractivity contribution in [1.29, 1.82) is 0 Å². The van der Waals surface area contributed by atoms with Gasteiger partial charge in [0.25, 0.3) is 0 Å². The number of carbonyl (C=O) groups is 2. The van der Waals surface area contributed by atoms with Gasteiger partial charge in [-0.05, 0) is 48.0 Å². The zero-order chi connectivity index (χ0) is 16.8. The van der Waals surface area contributed by atoms with Gasteiger partial charge in [0.05, 0.1) is 12.7 Å². The van der Waals surface area contributed by atoms with Gasteiger partial charge in [0.15, 0.2) is 11.5 Å². The molecule has 2 aromatic carbocycles. The molecule has 6 heteroatoms. The highest BCUT2D eigenvalue weighted by molar-refractivity contribution is 5.92. The van der Waals surface area contributed by atoms with E-state index in [2.05, 4.69) is 0 Å². The van der Waals surface area contributed by atoms with Crippen LogP contribution >= 0.6 is 0 Å². The van der Waals surface area contributed by atoms with Gasteiger partial charge in [-0.2, -0.15) is 0 Å². The molecule has 23 heavy (non-hydrogen) atoms. The second-order valence-electron chi connectivity index (χ2n) is 4.54. The smallest absolute Gasteiger partial charge is 0.343 e. The third-order valence-electron chi connectivity index (χ3n) is 2.91. The van der Waals surface area contributed by atoms with Gasteiger partial charge < -0.3 is 15.2 Å². The van der Waals surface area contributed by atoms with Crippen molar-refractivity contribution in [1.82, 2.24) is 0 Å². The molecule has 0 atom stereocenters. The highest BCUT2D eigenvalue weighted by atomic mass is 19.1. The molecule has 0 aliphatic rings. The quantitative estimate of drug-likeness (QED) is 0.522. The zero-order valence-corrected chi connectivity index (χ0v) is 12.3. The lowest BCUT2D eigenvalue weighted by Crippen LogP contribution is -2.09. The Kier molecular flexibility index (Phi) is 5.09. The monoisotopic (exact) mass is 315 g/mol. The molecule has 0 spiro atoms. The van der Waals surface area contributed by atoms with E-state index in [1.807, 2.05) is 0 Å². The van der Waals surface area contributed by atoms with Crippen LogP contribution in [0.25, 0.3) is 6.08 Å². The first-order chi connectivity index (χ1) is 11.0. The lowest BCUT2D eigenvalue weighted by atomic mass is 10.2. The van der Waals surface area contributed by atoms with Gasteiger partial charge >= 0.3 is 5.97 Å². The number of nitrogens with two attached hydrogens (primary N) is 1. The summed E-state index contributed by atoms with van der Waals surface area (Å²) >= 11 is 0. The number of primary amides is 1. The first kappa shape index (κ1) is 16.2. The van der Waals surface area contributed by atoms with Crippen LogP contribution in [0.2, 0.25) is 0 Å². The van der Waals surface area contributed by atoms with E-state index in [1.165, 1.54) is 49.6 Å². The first-order valence-corrected chi connectivity index (χ1v) is 6.63. The number of methoxy groups -OCH3 is 1. The van der Waals surface area contributed by atoms with E-state index in [0.29, 0.717) is 11.3 Å². The highest BCUT2D eigenvalue weighted by Crippen LogP contribution is 2.29. The van der Waals surface area contributed by atoms with E-state index in [9.17, 15) is 14.0 Å². The maximum absolute atomic E-state index is 12.9. The van der Waals surface area contributed by atoms with E-state index < -0.39 is 17.7 Å². The van der Waals surface area contributed by atoms with E-state index >= 15 is 0 Å². The van der Waals surface area contributed by atoms with Crippen molar-refractivity contribution in [3.8, 4) is 11.5 Å². The number of ether oxygens (including phenoxy) is 2. The summed E-state index contributed by atoms with van der Waals surface area (Å²) < 4.78 is 23.3. The molecule has 2 N–H and O–H groups in total. The summed E-state index contributed by atoms with van der Waals surface area (Å²) in [6.45, 7) is 0. The molecular weight excluding hydrogens is 301 g/mol. The molecule has 0 unspecified atom stereocenters. The van der Waals surface area contributed by atoms with Gasteiger partial charge in [0, 0.05) is 6.08 Å². The van der Waals surface area contributed by atoms with Crippen molar-refractivity contribution in [2.24, 2.45) is 5.73 Å². The Morgan fingerprint density at radius 2 is 1.78 bits per heavy atom. The molecule has 0 aliphatic heterocycles. The van der Waals surface area contributed by atoms with E-state index in [4.69, 9.17) is 15.2 Å². The van der Waals surface area contributed by atoms with Crippen molar-refractivity contribution in [2.45, 2.75) is 0 Å². The maximum Gasteiger partial charge on any atom is 0.343 e. The van der Waals surface area contributed by atoms with Crippen LogP contribution in [0.4, 0.5) is 4.39 Å². The van der Waals surface area contributed by atoms with Gasteiger partial charge in [-0.1, -0.05) is 6.07 Å². The Morgan fingerprint density at radius 3 is 2.39 bits per heavy atom. The summed E-state index contributed by atoms with van der Waals surface area (Å²) in [5.41, 5.74) is 5.90. The topological polar surface area (TPSA) is 78.6 Å². The SMILES string of the molecule is COc1cc(C=CC(N)=O)ccc1OC(=O)c1ccc(F)cc1. The van der Waals surface area contributed by atoms with Crippen LogP contribution < -0.4 is 15.2 Å². The van der Waals surface area contributed by atoms with E-state index in [0.717, 1.165) is 0 Å². The summed E-state index contributed by atoms with van der Waals surface area (Å²) in [5.74, 6) is -1.13. The fourth-order valence-electron chi connectivity index (χ4n) is 1.80. The van der Waals surface area contributed by atoms with Crippen LogP contribution in [0.5, 0.6) is 11.5 Å². The summed E-state index contributed by atoms with van der Waals surface area (Å²) in [5, 5.41) is 0. The number of hydrogen-bond donors (Lipinski definition) is 1. The average molecular weight is 315 g/mol. The van der Waals surface area contributed by atoms with E-state index in [1.54, 1.807) is 12.1 Å². The van der Waals surface area contributed by atoms with Gasteiger partial charge in [-0.3, -0.25) is 4.79 Å². The Hall–Kier alpha value is -3.15. The standard InChI is InChI=1S/C17H14FNO4/c1-22-15-10-11(3-9-16(19)20)2-8-14(15)23-17(21)12-4-6-13(18)7-5-12/h2-10H,1H3,(H2,19,20). The Balaban J connectivity index is 2.20. The van der Waals surface area contributed by atoms with Crippen molar-refractivity contribution >= 4 is 18.0 Å². The van der Waals surface area contributed by atoms with Crippen LogP contribution in [0, 0.1) is 5.82 Å². The molecule has 0 saturated heterocycles. The van der Waals surface area contributed by atoms with Gasteiger partial charge in [0.2, 0.25) is 5.91 Å². The molecule has 118 valence electrons. The number of hydrogen-bond acceptors (Lipinski definition) is 4. The third kappa shape index (κ3) is 4.41. The Bertz CT molecular complexity index is 754. The van der Waals surface area contributed by atoms with Crippen LogP contribution in [0.1, 0.15) is 15.9 Å². The number of rotatable bonds is 5. The molecule has 1 amide bonds. The minimum atomic E-state index is -0.635. The highest BCUT2D eigenvalue weighted by Gasteiger charge is 2.12. The zero-order valence-electron chi connectivity index (χ0n) is 12.3. The number of benzene rings is 2. The molecule has 0 saturated carbocycles. The molecule has 2 aromatic rings. The number of esters is 1. The van der Waals surface area contributed by atoms with Crippen molar-refractivity contribution in [2.75, 3.05) is 7.11 Å². The van der Waals surface area contributed by atoms with Crippen LogP contribution in [0.3, 0.4) is 0 Å². The number of amides is 1. The van der Waals surface area contributed by atoms with Crippen LogP contribution in [-0.4, -0.2) is 19.0 Å². The number of carbonyl (C=O) groups excluding carboxylic acids is 2. The van der Waals surface area contributed by atoms with Gasteiger partial charge in [-0.25, -0.2) is 9.18 Å². The number of halogens is 1. The van der Waals surface area contributed by atoms with Crippen LogP contribution in [0.15, 0.2) is 48.5 Å². The molecule has 5 nitrogen and oxygen atoms in total. The second-order valence-corrected chi connectivity index (χ2v) is 4.54. The van der Waals surface area contributed by atoms with Crippen LogP contribution in [-0.2, 0) is 4.79 Å².